The summed E-state index contributed by atoms with van der Waals surface area (Å²) in [5, 5.41) is 6.63. The van der Waals surface area contributed by atoms with Gasteiger partial charge in [-0.1, -0.05) is 0 Å². The Kier molecular flexibility index (Phi) is 6.32. The lowest BCUT2D eigenvalue weighted by Crippen LogP contribution is -2.44. The first-order chi connectivity index (χ1) is 18.4. The van der Waals surface area contributed by atoms with Crippen molar-refractivity contribution in [2.45, 2.75) is 25.8 Å². The molecular formula is C28H30FN7O2. The number of carbonyl (C=O) groups excluding carboxylic acids is 1. The number of nitrogens with zero attached hydrogens (tertiary/aromatic N) is 4. The number of hydrogen-bond acceptors (Lipinski definition) is 7. The van der Waals surface area contributed by atoms with Crippen LogP contribution in [-0.4, -0.2) is 65.0 Å². The van der Waals surface area contributed by atoms with Crippen LogP contribution >= 0.6 is 0 Å². The molecule has 4 aromatic rings. The second kappa shape index (κ2) is 9.94. The summed E-state index contributed by atoms with van der Waals surface area (Å²) in [6.07, 6.45) is 3.15. The van der Waals surface area contributed by atoms with E-state index >= 15 is 4.39 Å². The van der Waals surface area contributed by atoms with E-state index in [0.717, 1.165) is 56.1 Å². The Morgan fingerprint density at radius 3 is 2.58 bits per heavy atom. The molecule has 1 saturated carbocycles. The molecule has 0 unspecified atom stereocenters. The van der Waals surface area contributed by atoms with Crippen LogP contribution in [0.1, 0.15) is 28.9 Å². The van der Waals surface area contributed by atoms with Crippen molar-refractivity contribution in [1.29, 1.82) is 0 Å². The molecule has 2 aromatic heterocycles. The third kappa shape index (κ3) is 4.99. The number of nitrogens with one attached hydrogen (secondary N) is 3. The fraction of sp³-hybridized carbons (Fsp3) is 0.321. The number of benzene rings is 2. The Labute approximate surface area is 220 Å². The van der Waals surface area contributed by atoms with Gasteiger partial charge in [0, 0.05) is 60.2 Å². The summed E-state index contributed by atoms with van der Waals surface area (Å²) >= 11 is 0. The molecule has 1 saturated heterocycles. The highest BCUT2D eigenvalue weighted by Gasteiger charge is 2.29. The number of piperazine rings is 1. The predicted molar refractivity (Wildman–Crippen MR) is 145 cm³/mol. The van der Waals surface area contributed by atoms with Crippen LogP contribution in [0.5, 0.6) is 11.6 Å². The molecule has 3 heterocycles. The molecule has 196 valence electrons. The number of anilines is 3. The second-order valence-electron chi connectivity index (χ2n) is 10.0. The lowest BCUT2D eigenvalue weighted by molar-refractivity contribution is 0.0948. The molecule has 1 aliphatic carbocycles. The number of rotatable bonds is 7. The predicted octanol–water partition coefficient (Wildman–Crippen LogP) is 4.59. The van der Waals surface area contributed by atoms with Crippen molar-refractivity contribution in [1.82, 2.24) is 25.2 Å². The molecule has 2 aromatic carbocycles. The fourth-order valence-electron chi connectivity index (χ4n) is 4.66. The zero-order chi connectivity index (χ0) is 26.2. The van der Waals surface area contributed by atoms with Crippen LogP contribution < -0.4 is 20.3 Å². The normalized spacial score (nSPS) is 16.0. The number of ether oxygens (including phenoxy) is 1. The van der Waals surface area contributed by atoms with Gasteiger partial charge in [0.25, 0.3) is 5.91 Å². The molecule has 1 aliphatic heterocycles. The molecule has 0 atom stereocenters. The number of aryl methyl sites for hydroxylation is 1. The van der Waals surface area contributed by atoms with Gasteiger partial charge in [-0.25, -0.2) is 14.4 Å². The Hall–Kier alpha value is -4.18. The SMILES string of the molecule is Cc1cc2c(F)c(Oc3ncnc(Nc4ccc(N5CCN(C)CC5)cc4)c3C(=O)NC3CC3)ccc2[nH]1. The quantitative estimate of drug-likeness (QED) is 0.331. The minimum atomic E-state index is -0.520. The minimum Gasteiger partial charge on any atom is -0.435 e. The summed E-state index contributed by atoms with van der Waals surface area (Å²) < 4.78 is 21.2. The van der Waals surface area contributed by atoms with Gasteiger partial charge in [0.15, 0.2) is 17.4 Å². The van der Waals surface area contributed by atoms with Crippen molar-refractivity contribution >= 4 is 34.0 Å². The van der Waals surface area contributed by atoms with E-state index in [9.17, 15) is 4.79 Å². The number of fused-ring (bicyclic) bond motifs is 1. The van der Waals surface area contributed by atoms with Crippen molar-refractivity contribution in [2.75, 3.05) is 43.4 Å². The van der Waals surface area contributed by atoms with Gasteiger partial charge in [0.05, 0.1) is 0 Å². The maximum atomic E-state index is 15.3. The van der Waals surface area contributed by atoms with E-state index in [1.165, 1.54) is 12.4 Å². The molecular weight excluding hydrogens is 485 g/mol. The summed E-state index contributed by atoms with van der Waals surface area (Å²) in [4.78, 5) is 29.6. The standard InChI is InChI=1S/C28H30FN7O2/c1-17-15-21-22(32-17)9-10-23(25(21)29)38-28-24(27(37)34-19-3-4-19)26(30-16-31-28)33-18-5-7-20(8-6-18)36-13-11-35(2)12-14-36/h5-10,15-16,19,32H,3-4,11-14H2,1-2H3,(H,34,37)(H,30,31,33). The van der Waals surface area contributed by atoms with E-state index in [1.807, 2.05) is 19.1 Å². The van der Waals surface area contributed by atoms with Crippen LogP contribution in [0.2, 0.25) is 0 Å². The summed E-state index contributed by atoms with van der Waals surface area (Å²) in [5.41, 5.74) is 3.56. The van der Waals surface area contributed by atoms with E-state index in [-0.39, 0.29) is 29.1 Å². The monoisotopic (exact) mass is 515 g/mol. The highest BCUT2D eigenvalue weighted by molar-refractivity contribution is 6.02. The Morgan fingerprint density at radius 1 is 1.08 bits per heavy atom. The number of likely N-dealkylation sites (N-methyl/N-ethyl adjacent to an activating group) is 1. The molecule has 2 aliphatic rings. The topological polar surface area (TPSA) is 98.4 Å². The van der Waals surface area contributed by atoms with Crippen LogP contribution in [0, 0.1) is 12.7 Å². The largest absolute Gasteiger partial charge is 0.435 e. The van der Waals surface area contributed by atoms with Crippen molar-refractivity contribution in [3.05, 3.63) is 65.9 Å². The molecule has 10 heteroatoms. The number of hydrogen-bond donors (Lipinski definition) is 3. The summed E-state index contributed by atoms with van der Waals surface area (Å²) in [7, 11) is 2.13. The third-order valence-electron chi connectivity index (χ3n) is 6.99. The van der Waals surface area contributed by atoms with E-state index in [4.69, 9.17) is 4.74 Å². The van der Waals surface area contributed by atoms with E-state index in [2.05, 4.69) is 54.6 Å². The van der Waals surface area contributed by atoms with Crippen LogP contribution in [0.3, 0.4) is 0 Å². The molecule has 9 nitrogen and oxygen atoms in total. The second-order valence-corrected chi connectivity index (χ2v) is 10.0. The van der Waals surface area contributed by atoms with Gasteiger partial charge in [-0.2, -0.15) is 0 Å². The average Bonchev–Trinajstić information content (AvgIpc) is 3.64. The highest BCUT2D eigenvalue weighted by atomic mass is 19.1. The minimum absolute atomic E-state index is 0.0137. The van der Waals surface area contributed by atoms with E-state index in [1.54, 1.807) is 12.1 Å². The van der Waals surface area contributed by atoms with Gasteiger partial charge in [0.1, 0.15) is 11.9 Å². The van der Waals surface area contributed by atoms with Gasteiger partial charge in [0.2, 0.25) is 5.88 Å². The van der Waals surface area contributed by atoms with Crippen molar-refractivity contribution in [2.24, 2.45) is 0 Å². The van der Waals surface area contributed by atoms with Crippen molar-refractivity contribution in [3.8, 4) is 11.6 Å². The number of aromatic nitrogens is 3. The molecule has 0 bridgehead atoms. The summed E-state index contributed by atoms with van der Waals surface area (Å²) in [5.74, 6) is -0.621. The van der Waals surface area contributed by atoms with Crippen LogP contribution in [0.4, 0.5) is 21.6 Å². The molecule has 2 fully saturated rings. The zero-order valence-corrected chi connectivity index (χ0v) is 21.4. The highest BCUT2D eigenvalue weighted by Crippen LogP contribution is 2.34. The van der Waals surface area contributed by atoms with Crippen molar-refractivity contribution < 1.29 is 13.9 Å². The maximum Gasteiger partial charge on any atom is 0.260 e. The Morgan fingerprint density at radius 2 is 1.84 bits per heavy atom. The first-order valence-electron chi connectivity index (χ1n) is 12.9. The first-order valence-corrected chi connectivity index (χ1v) is 12.9. The van der Waals surface area contributed by atoms with Gasteiger partial charge in [-0.15, -0.1) is 0 Å². The number of halogens is 1. The van der Waals surface area contributed by atoms with Crippen LogP contribution in [0.15, 0.2) is 48.8 Å². The molecule has 1 amide bonds. The van der Waals surface area contributed by atoms with E-state index in [0.29, 0.717) is 16.7 Å². The molecule has 0 radical (unpaired) electrons. The Bertz CT molecular complexity index is 1470. The van der Waals surface area contributed by atoms with Crippen LogP contribution in [-0.2, 0) is 0 Å². The van der Waals surface area contributed by atoms with Crippen LogP contribution in [0.25, 0.3) is 10.9 Å². The van der Waals surface area contributed by atoms with Gasteiger partial charge < -0.3 is 30.2 Å². The maximum absolute atomic E-state index is 15.3. The Balaban J connectivity index is 1.29. The van der Waals surface area contributed by atoms with Gasteiger partial charge >= 0.3 is 0 Å². The van der Waals surface area contributed by atoms with E-state index < -0.39 is 5.82 Å². The number of H-pyrrole nitrogens is 1. The molecule has 0 spiro atoms. The van der Waals surface area contributed by atoms with Crippen molar-refractivity contribution in [3.63, 3.8) is 0 Å². The lowest BCUT2D eigenvalue weighted by atomic mass is 10.2. The van der Waals surface area contributed by atoms with Gasteiger partial charge in [-0.3, -0.25) is 4.79 Å². The lowest BCUT2D eigenvalue weighted by Gasteiger charge is -2.34. The fourth-order valence-corrected chi connectivity index (χ4v) is 4.66. The molecule has 38 heavy (non-hydrogen) atoms. The number of amides is 1. The number of carbonyl (C=O) groups is 1. The molecule has 6 rings (SSSR count). The smallest absolute Gasteiger partial charge is 0.260 e. The molecule has 3 N–H and O–H groups in total. The first kappa shape index (κ1) is 24.2. The average molecular weight is 516 g/mol. The third-order valence-corrected chi connectivity index (χ3v) is 6.99. The van der Waals surface area contributed by atoms with Gasteiger partial charge in [-0.05, 0) is 69.3 Å². The summed E-state index contributed by atoms with van der Waals surface area (Å²) in [6, 6.07) is 13.1. The summed E-state index contributed by atoms with van der Waals surface area (Å²) in [6.45, 7) is 5.87. The zero-order valence-electron chi connectivity index (χ0n) is 21.4. The number of aromatic amines is 1.